The second-order valence-corrected chi connectivity index (χ2v) is 5.99. The van der Waals surface area contributed by atoms with Gasteiger partial charge in [0.15, 0.2) is 0 Å². The highest BCUT2D eigenvalue weighted by Gasteiger charge is 2.17. The van der Waals surface area contributed by atoms with Crippen LogP contribution < -0.4 is 10.7 Å². The van der Waals surface area contributed by atoms with Crippen molar-refractivity contribution in [2.45, 2.75) is 6.92 Å². The summed E-state index contributed by atoms with van der Waals surface area (Å²) in [6.07, 6.45) is 1.09. The molecule has 0 aliphatic carbocycles. The maximum atomic E-state index is 12.0. The summed E-state index contributed by atoms with van der Waals surface area (Å²) in [7, 11) is 0. The third-order valence-corrected chi connectivity index (χ3v) is 3.58. The van der Waals surface area contributed by atoms with E-state index < -0.39 is 22.3 Å². The van der Waals surface area contributed by atoms with E-state index in [1.165, 1.54) is 25.1 Å². The fraction of sp³-hybridized carbons (Fsp3) is 0.0625. The van der Waals surface area contributed by atoms with Crippen molar-refractivity contribution in [3.8, 4) is 5.75 Å². The second kappa shape index (κ2) is 8.21. The van der Waals surface area contributed by atoms with Crippen LogP contribution in [0.1, 0.15) is 22.8 Å². The molecule has 2 aromatic rings. The van der Waals surface area contributed by atoms with Gasteiger partial charge in [0.2, 0.25) is 11.7 Å². The summed E-state index contributed by atoms with van der Waals surface area (Å²) in [5.41, 5.74) is 2.66. The van der Waals surface area contributed by atoms with Crippen LogP contribution in [0.15, 0.2) is 46.0 Å². The largest absolute Gasteiger partial charge is 0.502 e. The van der Waals surface area contributed by atoms with E-state index in [0.29, 0.717) is 15.7 Å². The van der Waals surface area contributed by atoms with Gasteiger partial charge in [0.25, 0.3) is 5.91 Å². The Balaban J connectivity index is 2.10. The average molecular weight is 421 g/mol. The maximum absolute atomic E-state index is 12.0. The van der Waals surface area contributed by atoms with Crippen LogP contribution in [0.5, 0.6) is 5.75 Å². The van der Waals surface area contributed by atoms with Crippen LogP contribution >= 0.6 is 15.9 Å². The predicted molar refractivity (Wildman–Crippen MR) is 98.3 cm³/mol. The minimum Gasteiger partial charge on any atom is -0.502 e. The van der Waals surface area contributed by atoms with Crippen LogP contribution in [0.2, 0.25) is 0 Å². The third-order valence-electron chi connectivity index (χ3n) is 3.12. The summed E-state index contributed by atoms with van der Waals surface area (Å²) in [6, 6.07) is 8.68. The summed E-state index contributed by atoms with van der Waals surface area (Å²) in [6.45, 7) is 1.37. The first-order valence-electron chi connectivity index (χ1n) is 7.16. The SMILES string of the molecule is CC(=O)Nc1ccc(C(=O)NN=Cc2cc(Br)cc([N+](=O)[O-])c2O)cc1. The molecule has 0 saturated carbocycles. The van der Waals surface area contributed by atoms with Crippen molar-refractivity contribution in [1.29, 1.82) is 0 Å². The van der Waals surface area contributed by atoms with Crippen molar-refractivity contribution in [2.75, 3.05) is 5.32 Å². The number of carbonyl (C=O) groups excluding carboxylic acids is 2. The van der Waals surface area contributed by atoms with Crippen LogP contribution in [0, 0.1) is 10.1 Å². The number of nitrogens with one attached hydrogen (secondary N) is 2. The van der Waals surface area contributed by atoms with Gasteiger partial charge in [0.1, 0.15) is 0 Å². The van der Waals surface area contributed by atoms with Crippen LogP contribution in [0.25, 0.3) is 0 Å². The molecule has 26 heavy (non-hydrogen) atoms. The molecule has 0 unspecified atom stereocenters. The Morgan fingerprint density at radius 2 is 1.92 bits per heavy atom. The highest BCUT2D eigenvalue weighted by atomic mass is 79.9. The van der Waals surface area contributed by atoms with Crippen molar-refractivity contribution in [1.82, 2.24) is 5.43 Å². The molecule has 0 saturated heterocycles. The quantitative estimate of drug-likeness (QED) is 0.388. The van der Waals surface area contributed by atoms with E-state index in [-0.39, 0.29) is 11.5 Å². The summed E-state index contributed by atoms with van der Waals surface area (Å²) >= 11 is 3.10. The van der Waals surface area contributed by atoms with Crippen LogP contribution in [-0.2, 0) is 4.79 Å². The molecule has 0 atom stereocenters. The number of hydrogen-bond acceptors (Lipinski definition) is 6. The molecule has 2 amide bonds. The van der Waals surface area contributed by atoms with E-state index in [1.807, 2.05) is 0 Å². The number of halogens is 1. The maximum Gasteiger partial charge on any atom is 0.312 e. The summed E-state index contributed by atoms with van der Waals surface area (Å²) in [4.78, 5) is 33.1. The molecule has 134 valence electrons. The van der Waals surface area contributed by atoms with Crippen LogP contribution in [0.4, 0.5) is 11.4 Å². The van der Waals surface area contributed by atoms with Crippen molar-refractivity contribution in [2.24, 2.45) is 5.10 Å². The van der Waals surface area contributed by atoms with E-state index >= 15 is 0 Å². The molecule has 0 aliphatic heterocycles. The van der Waals surface area contributed by atoms with Gasteiger partial charge in [-0.05, 0) is 30.3 Å². The number of anilines is 1. The topological polar surface area (TPSA) is 134 Å². The summed E-state index contributed by atoms with van der Waals surface area (Å²) in [5.74, 6) is -1.31. The lowest BCUT2D eigenvalue weighted by molar-refractivity contribution is -0.385. The number of carbonyl (C=O) groups is 2. The lowest BCUT2D eigenvalue weighted by Crippen LogP contribution is -2.17. The number of amides is 2. The zero-order valence-corrected chi connectivity index (χ0v) is 15.0. The normalized spacial score (nSPS) is 10.5. The van der Waals surface area contributed by atoms with E-state index in [0.717, 1.165) is 12.3 Å². The number of nitro groups is 1. The Bertz CT molecular complexity index is 896. The molecular weight excluding hydrogens is 408 g/mol. The van der Waals surface area contributed by atoms with Gasteiger partial charge >= 0.3 is 5.69 Å². The zero-order chi connectivity index (χ0) is 19.3. The lowest BCUT2D eigenvalue weighted by atomic mass is 10.2. The Kier molecular flexibility index (Phi) is 6.02. The summed E-state index contributed by atoms with van der Waals surface area (Å²) in [5, 5.41) is 27.0. The Hall–Kier alpha value is -3.27. The van der Waals surface area contributed by atoms with Gasteiger partial charge in [0, 0.05) is 34.3 Å². The van der Waals surface area contributed by atoms with Gasteiger partial charge in [-0.3, -0.25) is 19.7 Å². The standard InChI is InChI=1S/C16H13BrN4O5/c1-9(22)19-13-4-2-10(3-5-13)16(24)20-18-8-11-6-12(17)7-14(15(11)23)21(25)26/h2-8,23H,1H3,(H,19,22)(H,20,24). The first-order chi connectivity index (χ1) is 12.3. The van der Waals surface area contributed by atoms with Gasteiger partial charge in [0.05, 0.1) is 11.1 Å². The molecule has 2 rings (SSSR count). The number of aromatic hydroxyl groups is 1. The smallest absolute Gasteiger partial charge is 0.312 e. The van der Waals surface area contributed by atoms with Crippen molar-refractivity contribution in [3.05, 3.63) is 62.1 Å². The fourth-order valence-corrected chi connectivity index (χ4v) is 2.44. The number of phenolic OH excluding ortho intramolecular Hbond substituents is 1. The minimum atomic E-state index is -0.730. The predicted octanol–water partition coefficient (Wildman–Crippen LogP) is 2.79. The fourth-order valence-electron chi connectivity index (χ4n) is 1.98. The van der Waals surface area contributed by atoms with Gasteiger partial charge in [-0.25, -0.2) is 5.43 Å². The second-order valence-electron chi connectivity index (χ2n) is 5.08. The molecule has 9 nitrogen and oxygen atoms in total. The number of phenols is 1. The van der Waals surface area contributed by atoms with Gasteiger partial charge in [-0.1, -0.05) is 15.9 Å². The van der Waals surface area contributed by atoms with Gasteiger partial charge in [-0.15, -0.1) is 0 Å². The zero-order valence-electron chi connectivity index (χ0n) is 13.4. The molecule has 10 heteroatoms. The first-order valence-corrected chi connectivity index (χ1v) is 7.95. The number of nitrogens with zero attached hydrogens (tertiary/aromatic N) is 2. The van der Waals surface area contributed by atoms with Gasteiger partial charge < -0.3 is 10.4 Å². The molecule has 0 fully saturated rings. The van der Waals surface area contributed by atoms with Crippen LogP contribution in [-0.4, -0.2) is 28.1 Å². The lowest BCUT2D eigenvalue weighted by Gasteiger charge is -2.04. The molecule has 0 aliphatic rings. The van der Waals surface area contributed by atoms with E-state index in [4.69, 9.17) is 0 Å². The molecular formula is C16H13BrN4O5. The Morgan fingerprint density at radius 3 is 2.50 bits per heavy atom. The number of hydrogen-bond donors (Lipinski definition) is 3. The van der Waals surface area contributed by atoms with E-state index in [2.05, 4.69) is 31.8 Å². The first kappa shape index (κ1) is 19.1. The molecule has 0 radical (unpaired) electrons. The molecule has 0 heterocycles. The molecule has 2 aromatic carbocycles. The molecule has 0 spiro atoms. The molecule has 0 bridgehead atoms. The molecule has 3 N–H and O–H groups in total. The number of nitro benzene ring substituents is 1. The highest BCUT2D eigenvalue weighted by Crippen LogP contribution is 2.32. The van der Waals surface area contributed by atoms with E-state index in [1.54, 1.807) is 12.1 Å². The van der Waals surface area contributed by atoms with Crippen LogP contribution in [0.3, 0.4) is 0 Å². The average Bonchev–Trinajstić information content (AvgIpc) is 2.57. The number of benzene rings is 2. The van der Waals surface area contributed by atoms with Gasteiger partial charge in [-0.2, -0.15) is 5.10 Å². The summed E-state index contributed by atoms with van der Waals surface area (Å²) < 4.78 is 0.378. The third kappa shape index (κ3) is 4.86. The monoisotopic (exact) mass is 420 g/mol. The number of hydrazone groups is 1. The van der Waals surface area contributed by atoms with Crippen molar-refractivity contribution in [3.63, 3.8) is 0 Å². The Morgan fingerprint density at radius 1 is 1.27 bits per heavy atom. The van der Waals surface area contributed by atoms with Crippen molar-refractivity contribution < 1.29 is 19.6 Å². The van der Waals surface area contributed by atoms with Crippen molar-refractivity contribution >= 4 is 45.3 Å². The number of rotatable bonds is 5. The molecule has 0 aromatic heterocycles. The van der Waals surface area contributed by atoms with E-state index in [9.17, 15) is 24.8 Å². The Labute approximate surface area is 156 Å². The highest BCUT2D eigenvalue weighted by molar-refractivity contribution is 9.10. The minimum absolute atomic E-state index is 0.0624.